The van der Waals surface area contributed by atoms with Gasteiger partial charge in [0.2, 0.25) is 0 Å². The molecule has 0 radical (unpaired) electrons. The number of hydrogen-bond donors (Lipinski definition) is 2. The first-order chi connectivity index (χ1) is 17.5. The zero-order chi connectivity index (χ0) is 28.1. The van der Waals surface area contributed by atoms with Crippen molar-refractivity contribution in [3.8, 4) is 0 Å². The Bertz CT molecular complexity index is 603. The molecule has 0 heterocycles. The summed E-state index contributed by atoms with van der Waals surface area (Å²) in [6, 6.07) is 0. The quantitative estimate of drug-likeness (QED) is 0.0902. The van der Waals surface area contributed by atoms with E-state index in [1.54, 1.807) is 20.8 Å². The second kappa shape index (κ2) is 21.1. The van der Waals surface area contributed by atoms with Gasteiger partial charge in [0, 0.05) is 31.1 Å². The van der Waals surface area contributed by atoms with Crippen molar-refractivity contribution in [3.05, 3.63) is 12.2 Å². The Morgan fingerprint density at radius 1 is 0.649 bits per heavy atom. The maximum atomic E-state index is 11.4. The van der Waals surface area contributed by atoms with Crippen LogP contribution in [0.1, 0.15) is 118 Å². The zero-order valence-corrected chi connectivity index (χ0v) is 24.1. The highest BCUT2D eigenvalue weighted by Crippen LogP contribution is 2.21. The van der Waals surface area contributed by atoms with Crippen LogP contribution in [0.15, 0.2) is 12.2 Å². The molecular weight excluding hydrogens is 470 g/mol. The van der Waals surface area contributed by atoms with Crippen molar-refractivity contribution >= 4 is 17.9 Å². The summed E-state index contributed by atoms with van der Waals surface area (Å²) in [6.07, 6.45) is 19.1. The van der Waals surface area contributed by atoms with Crippen LogP contribution in [0.4, 0.5) is 0 Å². The van der Waals surface area contributed by atoms with E-state index in [9.17, 15) is 29.7 Å². The van der Waals surface area contributed by atoms with Crippen LogP contribution >= 0.6 is 0 Å². The third kappa shape index (κ3) is 18.1. The lowest BCUT2D eigenvalue weighted by atomic mass is 10.0. The second-order valence-electron chi connectivity index (χ2n) is 11.2. The highest BCUT2D eigenvalue weighted by Gasteiger charge is 2.30. The number of carboxylic acid groups (broad SMARTS) is 3. The number of quaternary nitrogens is 1. The molecule has 0 saturated heterocycles. The lowest BCUT2D eigenvalue weighted by Crippen LogP contribution is -2.52. The first-order valence-electron chi connectivity index (χ1n) is 14.7. The summed E-state index contributed by atoms with van der Waals surface area (Å²) in [5, 5.41) is 30.1. The van der Waals surface area contributed by atoms with E-state index in [1.807, 2.05) is 0 Å². The van der Waals surface area contributed by atoms with Gasteiger partial charge < -0.3 is 24.6 Å². The molecule has 216 valence electrons. The normalized spacial score (nSPS) is 15.8. The van der Waals surface area contributed by atoms with Crippen molar-refractivity contribution < 1.29 is 34.2 Å². The molecule has 37 heavy (non-hydrogen) atoms. The number of allylic oxidation sites excluding steroid dienone is 2. The minimum atomic E-state index is -1.08. The Balaban J connectivity index is 4.92. The van der Waals surface area contributed by atoms with Gasteiger partial charge >= 0.3 is 11.9 Å². The van der Waals surface area contributed by atoms with Gasteiger partial charge in [-0.2, -0.15) is 0 Å². The van der Waals surface area contributed by atoms with Gasteiger partial charge in [0.1, 0.15) is 0 Å². The lowest BCUT2D eigenvalue weighted by Gasteiger charge is -2.41. The average Bonchev–Trinajstić information content (AvgIpc) is 2.86. The number of rotatable bonds is 25. The minimum absolute atomic E-state index is 0.434. The van der Waals surface area contributed by atoms with Gasteiger partial charge in [-0.05, 0) is 32.1 Å². The molecule has 0 aliphatic heterocycles. The molecule has 0 bridgehead atoms. The fraction of sp³-hybridized carbons (Fsp3) is 0.833. The molecule has 0 saturated carbocycles. The van der Waals surface area contributed by atoms with Crippen LogP contribution in [0.3, 0.4) is 0 Å². The third-order valence-corrected chi connectivity index (χ3v) is 7.75. The van der Waals surface area contributed by atoms with Crippen LogP contribution in [0.25, 0.3) is 0 Å². The van der Waals surface area contributed by atoms with E-state index in [4.69, 9.17) is 0 Å². The maximum Gasteiger partial charge on any atom is 0.306 e. The van der Waals surface area contributed by atoms with Gasteiger partial charge in [0.05, 0.1) is 38.0 Å². The van der Waals surface area contributed by atoms with Crippen molar-refractivity contribution in [2.45, 2.75) is 118 Å². The van der Waals surface area contributed by atoms with Gasteiger partial charge in [-0.25, -0.2) is 0 Å². The molecule has 0 aromatic heterocycles. The second-order valence-corrected chi connectivity index (χ2v) is 11.2. The number of carbonyl (C=O) groups is 3. The predicted octanol–water partition coefficient (Wildman–Crippen LogP) is 5.67. The van der Waals surface area contributed by atoms with Crippen molar-refractivity contribution in [2.75, 3.05) is 26.2 Å². The Labute approximate surface area is 225 Å². The van der Waals surface area contributed by atoms with Crippen LogP contribution in [0, 0.1) is 17.8 Å². The molecule has 3 unspecified atom stereocenters. The molecule has 0 aliphatic carbocycles. The predicted molar refractivity (Wildman–Crippen MR) is 147 cm³/mol. The summed E-state index contributed by atoms with van der Waals surface area (Å²) in [5.74, 6) is -4.36. The van der Waals surface area contributed by atoms with E-state index in [0.29, 0.717) is 43.4 Å². The van der Waals surface area contributed by atoms with Crippen molar-refractivity contribution in [1.82, 2.24) is 0 Å². The molecule has 3 atom stereocenters. The third-order valence-electron chi connectivity index (χ3n) is 7.75. The summed E-state index contributed by atoms with van der Waals surface area (Å²) in [6.45, 7) is 9.85. The molecule has 0 aromatic carbocycles. The number of carbonyl (C=O) groups excluding carboxylic acids is 1. The Hall–Kier alpha value is -1.89. The van der Waals surface area contributed by atoms with Crippen LogP contribution < -0.4 is 5.11 Å². The van der Waals surface area contributed by atoms with Gasteiger partial charge in [-0.1, -0.05) is 78.4 Å². The van der Waals surface area contributed by atoms with Crippen molar-refractivity contribution in [3.63, 3.8) is 0 Å². The first kappa shape index (κ1) is 35.1. The summed E-state index contributed by atoms with van der Waals surface area (Å²) < 4.78 is 0.564. The fourth-order valence-corrected chi connectivity index (χ4v) is 4.60. The summed E-state index contributed by atoms with van der Waals surface area (Å²) in [7, 11) is 0. The Kier molecular flexibility index (Phi) is 20.0. The highest BCUT2D eigenvalue weighted by atomic mass is 16.4. The Morgan fingerprint density at radius 2 is 1.05 bits per heavy atom. The molecule has 0 spiro atoms. The Morgan fingerprint density at radius 3 is 1.49 bits per heavy atom. The molecule has 0 fully saturated rings. The number of carboxylic acids is 3. The standard InChI is InChI=1S/C30H55NO6/c1-5-6-7-8-9-10-11-12-13-14-15-16-17-21-31(22-18-25(2)28(32)33,23-19-26(3)29(34)35)24-20-27(4)30(36)37/h13-14,25-27H,5-12,15-24H2,1-4H3,(H2-,32,33,34,35,36,37)/b14-13+. The molecular formula is C30H55NO6. The van der Waals surface area contributed by atoms with E-state index in [2.05, 4.69) is 19.1 Å². The number of aliphatic carboxylic acids is 3. The SMILES string of the molecule is CCCCCCCCC/C=C/CCCC[N+](CCC(C)C(=O)[O-])(CCC(C)C(=O)O)CCC(C)C(=O)O. The van der Waals surface area contributed by atoms with Crippen molar-refractivity contribution in [2.24, 2.45) is 17.8 Å². The smallest absolute Gasteiger partial charge is 0.306 e. The topological polar surface area (TPSA) is 115 Å². The molecule has 7 heteroatoms. The highest BCUT2D eigenvalue weighted by molar-refractivity contribution is 5.69. The minimum Gasteiger partial charge on any atom is -0.550 e. The lowest BCUT2D eigenvalue weighted by molar-refractivity contribution is -0.929. The van der Waals surface area contributed by atoms with Crippen LogP contribution in [0.5, 0.6) is 0 Å². The van der Waals surface area contributed by atoms with E-state index in [1.165, 1.54) is 44.9 Å². The van der Waals surface area contributed by atoms with Gasteiger partial charge in [0.25, 0.3) is 0 Å². The van der Waals surface area contributed by atoms with E-state index >= 15 is 0 Å². The van der Waals surface area contributed by atoms with Gasteiger partial charge in [0.15, 0.2) is 0 Å². The van der Waals surface area contributed by atoms with E-state index in [0.717, 1.165) is 32.2 Å². The summed E-state index contributed by atoms with van der Waals surface area (Å²) in [4.78, 5) is 34.2. The number of nitrogens with zero attached hydrogens (tertiary/aromatic N) is 1. The summed E-state index contributed by atoms with van der Waals surface area (Å²) >= 11 is 0. The zero-order valence-electron chi connectivity index (χ0n) is 24.1. The summed E-state index contributed by atoms with van der Waals surface area (Å²) in [5.41, 5.74) is 0. The van der Waals surface area contributed by atoms with Crippen LogP contribution in [-0.4, -0.2) is 58.8 Å². The molecule has 0 rings (SSSR count). The van der Waals surface area contributed by atoms with Crippen LogP contribution in [0.2, 0.25) is 0 Å². The van der Waals surface area contributed by atoms with Gasteiger partial charge in [-0.15, -0.1) is 0 Å². The van der Waals surface area contributed by atoms with E-state index in [-0.39, 0.29) is 0 Å². The number of unbranched alkanes of at least 4 members (excludes halogenated alkanes) is 9. The number of hydrogen-bond acceptors (Lipinski definition) is 4. The molecule has 7 nitrogen and oxygen atoms in total. The molecule has 0 aromatic rings. The van der Waals surface area contributed by atoms with E-state index < -0.39 is 35.7 Å². The average molecular weight is 526 g/mol. The molecule has 0 aliphatic rings. The first-order valence-corrected chi connectivity index (χ1v) is 14.7. The maximum absolute atomic E-state index is 11.4. The monoisotopic (exact) mass is 525 g/mol. The largest absolute Gasteiger partial charge is 0.550 e. The molecule has 2 N–H and O–H groups in total. The van der Waals surface area contributed by atoms with Crippen LogP contribution in [-0.2, 0) is 14.4 Å². The molecule has 0 amide bonds. The van der Waals surface area contributed by atoms with Crippen molar-refractivity contribution in [1.29, 1.82) is 0 Å². The van der Waals surface area contributed by atoms with Gasteiger partial charge in [-0.3, -0.25) is 9.59 Å². The fourth-order valence-electron chi connectivity index (χ4n) is 4.60.